The van der Waals surface area contributed by atoms with E-state index in [0.717, 1.165) is 50.2 Å². The molecule has 0 aliphatic carbocycles. The van der Waals surface area contributed by atoms with Crippen LogP contribution in [0.2, 0.25) is 0 Å². The number of hydrogen-bond donors (Lipinski definition) is 0. The molecule has 0 saturated carbocycles. The second-order valence-corrected chi connectivity index (χ2v) is 6.70. The predicted molar refractivity (Wildman–Crippen MR) is 93.5 cm³/mol. The summed E-state index contributed by atoms with van der Waals surface area (Å²) < 4.78 is 1.99. The zero-order chi connectivity index (χ0) is 16.9. The molecule has 0 unspecified atom stereocenters. The van der Waals surface area contributed by atoms with Crippen molar-refractivity contribution in [3.63, 3.8) is 0 Å². The van der Waals surface area contributed by atoms with Crippen molar-refractivity contribution < 1.29 is 4.79 Å². The summed E-state index contributed by atoms with van der Waals surface area (Å²) in [5, 5.41) is 8.12. The average Bonchev–Trinajstić information content (AvgIpc) is 3.02. The number of benzene rings is 1. The summed E-state index contributed by atoms with van der Waals surface area (Å²) in [6, 6.07) is 10.1. The molecule has 5 nitrogen and oxygen atoms in total. The molecule has 5 heteroatoms. The Morgan fingerprint density at radius 2 is 1.96 bits per heavy atom. The number of aromatic nitrogens is 3. The number of carbonyl (C=O) groups excluding carboxylic acids is 1. The maximum Gasteiger partial charge on any atom is 0.230 e. The van der Waals surface area contributed by atoms with Crippen molar-refractivity contribution in [2.75, 3.05) is 13.1 Å². The van der Waals surface area contributed by atoms with E-state index in [1.807, 2.05) is 34.7 Å². The zero-order valence-electron chi connectivity index (χ0n) is 14.6. The first-order chi connectivity index (χ1) is 11.7. The van der Waals surface area contributed by atoms with Gasteiger partial charge < -0.3 is 9.47 Å². The number of piperidine rings is 1. The van der Waals surface area contributed by atoms with Crippen LogP contribution < -0.4 is 0 Å². The van der Waals surface area contributed by atoms with E-state index >= 15 is 0 Å². The van der Waals surface area contributed by atoms with Gasteiger partial charge in [0.1, 0.15) is 12.2 Å². The van der Waals surface area contributed by atoms with Gasteiger partial charge in [-0.15, -0.1) is 10.2 Å². The van der Waals surface area contributed by atoms with Gasteiger partial charge in [0.05, 0.1) is 5.92 Å². The maximum absolute atomic E-state index is 12.9. The number of rotatable bonds is 5. The lowest BCUT2D eigenvalue weighted by molar-refractivity contribution is -0.134. The van der Waals surface area contributed by atoms with Crippen LogP contribution in [-0.2, 0) is 18.3 Å². The van der Waals surface area contributed by atoms with Gasteiger partial charge in [-0.25, -0.2) is 0 Å². The lowest BCUT2D eigenvalue weighted by atomic mass is 9.90. The van der Waals surface area contributed by atoms with E-state index in [2.05, 4.69) is 29.3 Å². The monoisotopic (exact) mass is 326 g/mol. The highest BCUT2D eigenvalue weighted by Gasteiger charge is 2.28. The van der Waals surface area contributed by atoms with Gasteiger partial charge in [0.15, 0.2) is 0 Å². The van der Waals surface area contributed by atoms with Gasteiger partial charge in [-0.2, -0.15) is 0 Å². The molecule has 3 rings (SSSR count). The topological polar surface area (TPSA) is 51.0 Å². The maximum atomic E-state index is 12.9. The Labute approximate surface area is 143 Å². The van der Waals surface area contributed by atoms with Gasteiger partial charge in [-0.3, -0.25) is 4.79 Å². The largest absolute Gasteiger partial charge is 0.342 e. The van der Waals surface area contributed by atoms with Crippen molar-refractivity contribution >= 4 is 5.91 Å². The van der Waals surface area contributed by atoms with Crippen LogP contribution in [-0.4, -0.2) is 38.7 Å². The average molecular weight is 326 g/mol. The van der Waals surface area contributed by atoms with Gasteiger partial charge in [0.25, 0.3) is 0 Å². The van der Waals surface area contributed by atoms with Crippen molar-refractivity contribution in [1.82, 2.24) is 19.7 Å². The smallest absolute Gasteiger partial charge is 0.230 e. The Balaban J connectivity index is 1.57. The van der Waals surface area contributed by atoms with Crippen molar-refractivity contribution in [3.05, 3.63) is 48.0 Å². The van der Waals surface area contributed by atoms with Gasteiger partial charge in [-0.05, 0) is 30.7 Å². The summed E-state index contributed by atoms with van der Waals surface area (Å²) in [6.45, 7) is 3.80. The highest BCUT2D eigenvalue weighted by Crippen LogP contribution is 2.26. The fourth-order valence-electron chi connectivity index (χ4n) is 3.57. The molecule has 1 aliphatic heterocycles. The minimum Gasteiger partial charge on any atom is -0.342 e. The van der Waals surface area contributed by atoms with Crippen LogP contribution in [0, 0.1) is 5.92 Å². The number of amides is 1. The Morgan fingerprint density at radius 3 is 2.54 bits per heavy atom. The fraction of sp³-hybridized carbons (Fsp3) is 0.526. The number of nitrogens with zero attached hydrogens (tertiary/aromatic N) is 4. The first-order valence-electron chi connectivity index (χ1n) is 8.85. The lowest BCUT2D eigenvalue weighted by Gasteiger charge is -2.34. The van der Waals surface area contributed by atoms with E-state index in [9.17, 15) is 4.79 Å². The molecule has 0 spiro atoms. The Bertz CT molecular complexity index is 659. The Hall–Kier alpha value is -2.17. The molecule has 128 valence electrons. The molecule has 1 atom stereocenters. The molecule has 2 heterocycles. The standard InChI is InChI=1S/C19H26N4O/c1-3-17(16-7-5-4-6-8-16)19(24)23-11-9-15(10-12-23)13-18-21-20-14-22(18)2/h4-8,14-15,17H,3,9-13H2,1-2H3/t17-/m1/s1. The highest BCUT2D eigenvalue weighted by molar-refractivity contribution is 5.83. The van der Waals surface area contributed by atoms with Crippen molar-refractivity contribution in [1.29, 1.82) is 0 Å². The van der Waals surface area contributed by atoms with E-state index in [1.165, 1.54) is 0 Å². The normalized spacial score (nSPS) is 17.0. The van der Waals surface area contributed by atoms with Gasteiger partial charge in [-0.1, -0.05) is 37.3 Å². The minimum absolute atomic E-state index is 0.0125. The van der Waals surface area contributed by atoms with Gasteiger partial charge >= 0.3 is 0 Å². The van der Waals surface area contributed by atoms with Crippen LogP contribution in [0.5, 0.6) is 0 Å². The molecule has 1 fully saturated rings. The van der Waals surface area contributed by atoms with E-state index in [4.69, 9.17) is 0 Å². The fourth-order valence-corrected chi connectivity index (χ4v) is 3.57. The summed E-state index contributed by atoms with van der Waals surface area (Å²) in [5.74, 6) is 1.89. The minimum atomic E-state index is -0.0125. The molecule has 1 aliphatic rings. The molecule has 2 aromatic rings. The molecular formula is C19H26N4O. The Morgan fingerprint density at radius 1 is 1.25 bits per heavy atom. The van der Waals surface area contributed by atoms with Gasteiger partial charge in [0.2, 0.25) is 5.91 Å². The molecule has 1 amide bonds. The van der Waals surface area contributed by atoms with Crippen LogP contribution in [0.1, 0.15) is 43.5 Å². The molecule has 0 bridgehead atoms. The first kappa shape index (κ1) is 16.7. The third-order valence-corrected chi connectivity index (χ3v) is 5.11. The molecule has 1 aromatic carbocycles. The zero-order valence-corrected chi connectivity index (χ0v) is 14.6. The number of likely N-dealkylation sites (tertiary alicyclic amines) is 1. The highest BCUT2D eigenvalue weighted by atomic mass is 16.2. The van der Waals surface area contributed by atoms with E-state index < -0.39 is 0 Å². The lowest BCUT2D eigenvalue weighted by Crippen LogP contribution is -2.41. The summed E-state index contributed by atoms with van der Waals surface area (Å²) in [5.41, 5.74) is 1.13. The van der Waals surface area contributed by atoms with E-state index in [-0.39, 0.29) is 11.8 Å². The molecule has 1 aromatic heterocycles. The van der Waals surface area contributed by atoms with E-state index in [0.29, 0.717) is 5.92 Å². The molecule has 0 radical (unpaired) electrons. The third-order valence-electron chi connectivity index (χ3n) is 5.11. The summed E-state index contributed by atoms with van der Waals surface area (Å²) >= 11 is 0. The number of hydrogen-bond acceptors (Lipinski definition) is 3. The third kappa shape index (κ3) is 3.66. The first-order valence-corrected chi connectivity index (χ1v) is 8.85. The quantitative estimate of drug-likeness (QED) is 0.849. The van der Waals surface area contributed by atoms with Crippen LogP contribution in [0.15, 0.2) is 36.7 Å². The summed E-state index contributed by atoms with van der Waals surface area (Å²) in [7, 11) is 1.99. The SMILES string of the molecule is CC[C@@H](C(=O)N1CCC(Cc2nncn2C)CC1)c1ccccc1. The molecular weight excluding hydrogens is 300 g/mol. The van der Waals surface area contributed by atoms with Crippen LogP contribution >= 0.6 is 0 Å². The molecule has 24 heavy (non-hydrogen) atoms. The van der Waals surface area contributed by atoms with Crippen molar-refractivity contribution in [2.45, 2.75) is 38.5 Å². The number of carbonyl (C=O) groups is 1. The predicted octanol–water partition coefficient (Wildman–Crippen LogP) is 2.79. The van der Waals surface area contributed by atoms with E-state index in [1.54, 1.807) is 6.33 Å². The molecule has 0 N–H and O–H groups in total. The summed E-state index contributed by atoms with van der Waals surface area (Å²) in [4.78, 5) is 15.0. The van der Waals surface area contributed by atoms with Gasteiger partial charge in [0, 0.05) is 26.6 Å². The number of aryl methyl sites for hydroxylation is 1. The van der Waals surface area contributed by atoms with Crippen molar-refractivity contribution in [2.24, 2.45) is 13.0 Å². The van der Waals surface area contributed by atoms with Crippen LogP contribution in [0.25, 0.3) is 0 Å². The molecule has 1 saturated heterocycles. The van der Waals surface area contributed by atoms with Crippen molar-refractivity contribution in [3.8, 4) is 0 Å². The van der Waals surface area contributed by atoms with Crippen LogP contribution in [0.3, 0.4) is 0 Å². The second kappa shape index (κ2) is 7.60. The Kier molecular flexibility index (Phi) is 5.28. The summed E-state index contributed by atoms with van der Waals surface area (Å²) in [6.07, 6.45) is 5.64. The second-order valence-electron chi connectivity index (χ2n) is 6.70. The van der Waals surface area contributed by atoms with Crippen LogP contribution in [0.4, 0.5) is 0 Å².